The van der Waals surface area contributed by atoms with Gasteiger partial charge in [-0.2, -0.15) is 0 Å². The molecule has 0 amide bonds. The third kappa shape index (κ3) is 3.46. The van der Waals surface area contributed by atoms with Crippen LogP contribution in [0.1, 0.15) is 52.4 Å². The van der Waals surface area contributed by atoms with E-state index in [1.807, 2.05) is 0 Å². The summed E-state index contributed by atoms with van der Waals surface area (Å²) in [6, 6.07) is 0.607. The van der Waals surface area contributed by atoms with Crippen LogP contribution in [-0.4, -0.2) is 50.3 Å². The number of ether oxygens (including phenoxy) is 1. The van der Waals surface area contributed by atoms with Crippen molar-refractivity contribution in [3.05, 3.63) is 0 Å². The molecule has 1 atom stereocenters. The molecule has 1 unspecified atom stereocenters. The fourth-order valence-electron chi connectivity index (χ4n) is 3.84. The Morgan fingerprint density at radius 3 is 2.28 bits per heavy atom. The second-order valence-electron chi connectivity index (χ2n) is 5.46. The number of likely N-dealkylation sites (N-methyl/N-ethyl adjacent to an activating group) is 2. The first kappa shape index (κ1) is 15.9. The molecule has 3 nitrogen and oxygen atoms in total. The Balaban J connectivity index is 2.73. The lowest BCUT2D eigenvalue weighted by Crippen LogP contribution is -2.59. The molecular formula is C15H32N2O. The third-order valence-electron chi connectivity index (χ3n) is 4.70. The molecule has 1 aliphatic carbocycles. The van der Waals surface area contributed by atoms with Crippen LogP contribution in [0.4, 0.5) is 0 Å². The summed E-state index contributed by atoms with van der Waals surface area (Å²) in [6.45, 7) is 7.81. The molecule has 0 aromatic carbocycles. The molecule has 3 heteroatoms. The fraction of sp³-hybridized carbons (Fsp3) is 1.00. The standard InChI is InChI=1S/C15H32N2O/c1-5-17(6-2)15(11-7-8-12-15)14(16-3)10-9-13-18-4/h14,16H,5-13H2,1-4H3. The van der Waals surface area contributed by atoms with E-state index < -0.39 is 0 Å². The first-order chi connectivity index (χ1) is 8.75. The maximum absolute atomic E-state index is 5.20. The van der Waals surface area contributed by atoms with E-state index in [0.717, 1.165) is 13.0 Å². The molecule has 0 aromatic heterocycles. The topological polar surface area (TPSA) is 24.5 Å². The summed E-state index contributed by atoms with van der Waals surface area (Å²) in [4.78, 5) is 2.69. The van der Waals surface area contributed by atoms with Crippen LogP contribution in [0.3, 0.4) is 0 Å². The largest absolute Gasteiger partial charge is 0.385 e. The maximum Gasteiger partial charge on any atom is 0.0462 e. The van der Waals surface area contributed by atoms with E-state index in [1.165, 1.54) is 45.2 Å². The van der Waals surface area contributed by atoms with E-state index in [0.29, 0.717) is 11.6 Å². The summed E-state index contributed by atoms with van der Waals surface area (Å²) < 4.78 is 5.20. The van der Waals surface area contributed by atoms with Crippen molar-refractivity contribution < 1.29 is 4.74 Å². The summed E-state index contributed by atoms with van der Waals surface area (Å²) in [7, 11) is 3.92. The van der Waals surface area contributed by atoms with Gasteiger partial charge in [0.1, 0.15) is 0 Å². The minimum absolute atomic E-state index is 0.395. The minimum Gasteiger partial charge on any atom is -0.385 e. The van der Waals surface area contributed by atoms with Gasteiger partial charge in [0.2, 0.25) is 0 Å². The number of nitrogens with one attached hydrogen (secondary N) is 1. The molecule has 0 radical (unpaired) electrons. The highest BCUT2D eigenvalue weighted by molar-refractivity contribution is 5.02. The smallest absolute Gasteiger partial charge is 0.0462 e. The molecule has 0 aliphatic heterocycles. The maximum atomic E-state index is 5.20. The summed E-state index contributed by atoms with van der Waals surface area (Å²) in [5.74, 6) is 0. The Labute approximate surface area is 113 Å². The molecular weight excluding hydrogens is 224 g/mol. The molecule has 1 rings (SSSR count). The predicted molar refractivity (Wildman–Crippen MR) is 78.1 cm³/mol. The molecule has 1 aliphatic rings. The van der Waals surface area contributed by atoms with Gasteiger partial charge in [-0.1, -0.05) is 26.7 Å². The summed E-state index contributed by atoms with van der Waals surface area (Å²) in [5.41, 5.74) is 0.395. The van der Waals surface area contributed by atoms with Crippen LogP contribution in [-0.2, 0) is 4.74 Å². The molecule has 18 heavy (non-hydrogen) atoms. The van der Waals surface area contributed by atoms with E-state index >= 15 is 0 Å². The van der Waals surface area contributed by atoms with Gasteiger partial charge in [-0.05, 0) is 45.8 Å². The van der Waals surface area contributed by atoms with Crippen molar-refractivity contribution in [2.45, 2.75) is 64.0 Å². The Hall–Kier alpha value is -0.120. The van der Waals surface area contributed by atoms with Gasteiger partial charge in [0.25, 0.3) is 0 Å². The van der Waals surface area contributed by atoms with Crippen molar-refractivity contribution in [2.24, 2.45) is 0 Å². The van der Waals surface area contributed by atoms with Gasteiger partial charge in [-0.25, -0.2) is 0 Å². The van der Waals surface area contributed by atoms with E-state index in [9.17, 15) is 0 Å². The molecule has 0 saturated heterocycles. The van der Waals surface area contributed by atoms with Crippen molar-refractivity contribution in [1.82, 2.24) is 10.2 Å². The second kappa shape index (κ2) is 8.13. The quantitative estimate of drug-likeness (QED) is 0.642. The first-order valence-corrected chi connectivity index (χ1v) is 7.66. The number of hydrogen-bond donors (Lipinski definition) is 1. The second-order valence-corrected chi connectivity index (χ2v) is 5.46. The highest BCUT2D eigenvalue weighted by atomic mass is 16.5. The molecule has 0 spiro atoms. The number of methoxy groups -OCH3 is 1. The Bertz CT molecular complexity index is 211. The monoisotopic (exact) mass is 256 g/mol. The van der Waals surface area contributed by atoms with Crippen LogP contribution in [0.25, 0.3) is 0 Å². The fourth-order valence-corrected chi connectivity index (χ4v) is 3.84. The summed E-state index contributed by atoms with van der Waals surface area (Å²) in [5, 5.41) is 3.60. The summed E-state index contributed by atoms with van der Waals surface area (Å²) >= 11 is 0. The zero-order valence-corrected chi connectivity index (χ0v) is 12.8. The molecule has 1 N–H and O–H groups in total. The van der Waals surface area contributed by atoms with Crippen LogP contribution >= 0.6 is 0 Å². The van der Waals surface area contributed by atoms with Crippen molar-refractivity contribution in [2.75, 3.05) is 33.9 Å². The lowest BCUT2D eigenvalue weighted by molar-refractivity contribution is 0.0583. The lowest BCUT2D eigenvalue weighted by atomic mass is 9.83. The van der Waals surface area contributed by atoms with Crippen LogP contribution in [0.2, 0.25) is 0 Å². The van der Waals surface area contributed by atoms with Crippen molar-refractivity contribution in [3.8, 4) is 0 Å². The van der Waals surface area contributed by atoms with Crippen molar-refractivity contribution in [3.63, 3.8) is 0 Å². The average molecular weight is 256 g/mol. The third-order valence-corrected chi connectivity index (χ3v) is 4.70. The van der Waals surface area contributed by atoms with E-state index in [4.69, 9.17) is 4.74 Å². The Morgan fingerprint density at radius 1 is 1.22 bits per heavy atom. The number of hydrogen-bond acceptors (Lipinski definition) is 3. The van der Waals surface area contributed by atoms with Crippen LogP contribution in [0.5, 0.6) is 0 Å². The molecule has 0 aromatic rings. The normalized spacial score (nSPS) is 20.5. The van der Waals surface area contributed by atoms with E-state index in [2.05, 4.69) is 31.1 Å². The lowest BCUT2D eigenvalue weighted by Gasteiger charge is -2.46. The zero-order valence-electron chi connectivity index (χ0n) is 12.8. The number of rotatable bonds is 9. The average Bonchev–Trinajstić information content (AvgIpc) is 2.86. The van der Waals surface area contributed by atoms with Crippen LogP contribution in [0.15, 0.2) is 0 Å². The van der Waals surface area contributed by atoms with Crippen LogP contribution in [0, 0.1) is 0 Å². The van der Waals surface area contributed by atoms with Crippen LogP contribution < -0.4 is 5.32 Å². The first-order valence-electron chi connectivity index (χ1n) is 7.66. The van der Waals surface area contributed by atoms with Gasteiger partial charge in [0, 0.05) is 25.3 Å². The Kier molecular flexibility index (Phi) is 7.20. The zero-order chi connectivity index (χ0) is 13.4. The Morgan fingerprint density at radius 2 is 1.83 bits per heavy atom. The SMILES string of the molecule is CCN(CC)C1(C(CCCOC)NC)CCCC1. The minimum atomic E-state index is 0.395. The molecule has 1 fully saturated rings. The van der Waals surface area contributed by atoms with E-state index in [-0.39, 0.29) is 0 Å². The van der Waals surface area contributed by atoms with Gasteiger partial charge in [0.05, 0.1) is 0 Å². The summed E-state index contributed by atoms with van der Waals surface area (Å²) in [6.07, 6.45) is 7.87. The molecule has 0 bridgehead atoms. The van der Waals surface area contributed by atoms with Crippen molar-refractivity contribution in [1.29, 1.82) is 0 Å². The van der Waals surface area contributed by atoms with Gasteiger partial charge < -0.3 is 10.1 Å². The predicted octanol–water partition coefficient (Wildman–Crippen LogP) is 2.66. The van der Waals surface area contributed by atoms with Gasteiger partial charge in [0.15, 0.2) is 0 Å². The highest BCUT2D eigenvalue weighted by Crippen LogP contribution is 2.39. The molecule has 0 heterocycles. The van der Waals surface area contributed by atoms with E-state index in [1.54, 1.807) is 7.11 Å². The highest BCUT2D eigenvalue weighted by Gasteiger charge is 2.43. The van der Waals surface area contributed by atoms with Crippen molar-refractivity contribution >= 4 is 0 Å². The molecule has 108 valence electrons. The molecule has 1 saturated carbocycles. The van der Waals surface area contributed by atoms with Gasteiger partial charge in [-0.15, -0.1) is 0 Å². The number of nitrogens with zero attached hydrogens (tertiary/aromatic N) is 1. The van der Waals surface area contributed by atoms with Gasteiger partial charge >= 0.3 is 0 Å². The van der Waals surface area contributed by atoms with Gasteiger partial charge in [-0.3, -0.25) is 4.90 Å².